The molecule has 3 heteroatoms. The first-order valence-corrected chi connectivity index (χ1v) is 6.72. The van der Waals surface area contributed by atoms with Gasteiger partial charge in [0.05, 0.1) is 12.7 Å². The van der Waals surface area contributed by atoms with Crippen LogP contribution in [0.1, 0.15) is 24.5 Å². The highest BCUT2D eigenvalue weighted by molar-refractivity contribution is 5.48. The number of rotatable bonds is 3. The molecule has 1 aromatic carbocycles. The van der Waals surface area contributed by atoms with E-state index in [0.717, 1.165) is 23.8 Å². The molecule has 1 N–H and O–H groups in total. The zero-order valence-electron chi connectivity index (χ0n) is 11.6. The molecule has 1 unspecified atom stereocenters. The number of hydrogen-bond acceptors (Lipinski definition) is 3. The monoisotopic (exact) mass is 259 g/mol. The Kier molecular flexibility index (Phi) is 4.84. The standard InChI is InChI=1S/C16H21NO2/c1-13-7-8-17(11-13)12-14-5-6-16(19-2)15(10-14)4-3-9-18/h5-6,10,13,18H,7-9,11-12H2,1-2H3. The van der Waals surface area contributed by atoms with Crippen molar-refractivity contribution in [3.05, 3.63) is 29.3 Å². The smallest absolute Gasteiger partial charge is 0.134 e. The highest BCUT2D eigenvalue weighted by Crippen LogP contribution is 2.22. The van der Waals surface area contributed by atoms with E-state index in [0.29, 0.717) is 0 Å². The quantitative estimate of drug-likeness (QED) is 0.841. The van der Waals surface area contributed by atoms with E-state index in [-0.39, 0.29) is 6.61 Å². The van der Waals surface area contributed by atoms with Gasteiger partial charge in [0.15, 0.2) is 0 Å². The minimum Gasteiger partial charge on any atom is -0.495 e. The Balaban J connectivity index is 2.13. The van der Waals surface area contributed by atoms with E-state index in [9.17, 15) is 0 Å². The molecule has 1 heterocycles. The molecule has 0 aromatic heterocycles. The van der Waals surface area contributed by atoms with E-state index in [1.165, 1.54) is 25.1 Å². The fourth-order valence-corrected chi connectivity index (χ4v) is 2.51. The molecule has 0 amide bonds. The number of ether oxygens (including phenoxy) is 1. The summed E-state index contributed by atoms with van der Waals surface area (Å²) in [6, 6.07) is 6.10. The molecule has 1 aromatic rings. The lowest BCUT2D eigenvalue weighted by Crippen LogP contribution is -2.19. The molecule has 1 saturated heterocycles. The number of nitrogens with zero attached hydrogens (tertiary/aromatic N) is 1. The molecule has 19 heavy (non-hydrogen) atoms. The Morgan fingerprint density at radius 2 is 2.32 bits per heavy atom. The minimum absolute atomic E-state index is 0.128. The highest BCUT2D eigenvalue weighted by atomic mass is 16.5. The molecule has 1 fully saturated rings. The van der Waals surface area contributed by atoms with Gasteiger partial charge in [-0.25, -0.2) is 0 Å². The fourth-order valence-electron chi connectivity index (χ4n) is 2.51. The van der Waals surface area contributed by atoms with Gasteiger partial charge in [-0.1, -0.05) is 24.8 Å². The first-order valence-electron chi connectivity index (χ1n) is 6.72. The zero-order chi connectivity index (χ0) is 13.7. The average molecular weight is 259 g/mol. The molecule has 2 rings (SSSR count). The zero-order valence-corrected chi connectivity index (χ0v) is 11.6. The molecule has 0 aliphatic carbocycles. The Bertz CT molecular complexity index is 487. The lowest BCUT2D eigenvalue weighted by molar-refractivity contribution is 0.320. The van der Waals surface area contributed by atoms with Crippen molar-refractivity contribution in [2.75, 3.05) is 26.8 Å². The van der Waals surface area contributed by atoms with E-state index < -0.39 is 0 Å². The lowest BCUT2D eigenvalue weighted by Gasteiger charge is -2.16. The van der Waals surface area contributed by atoms with Crippen molar-refractivity contribution < 1.29 is 9.84 Å². The molecular weight excluding hydrogens is 238 g/mol. The van der Waals surface area contributed by atoms with Gasteiger partial charge < -0.3 is 9.84 Å². The summed E-state index contributed by atoms with van der Waals surface area (Å²) >= 11 is 0. The first kappa shape index (κ1) is 13.9. The maximum Gasteiger partial charge on any atom is 0.134 e. The highest BCUT2D eigenvalue weighted by Gasteiger charge is 2.18. The van der Waals surface area contributed by atoms with Crippen molar-refractivity contribution in [3.63, 3.8) is 0 Å². The number of likely N-dealkylation sites (tertiary alicyclic amines) is 1. The van der Waals surface area contributed by atoms with Crippen LogP contribution in [-0.4, -0.2) is 36.8 Å². The maximum atomic E-state index is 8.80. The Hall–Kier alpha value is -1.50. The second kappa shape index (κ2) is 6.60. The summed E-state index contributed by atoms with van der Waals surface area (Å²) in [5.74, 6) is 7.19. The van der Waals surface area contributed by atoms with Gasteiger partial charge in [0.25, 0.3) is 0 Å². The average Bonchev–Trinajstić information content (AvgIpc) is 2.82. The van der Waals surface area contributed by atoms with Gasteiger partial charge in [0.2, 0.25) is 0 Å². The van der Waals surface area contributed by atoms with Gasteiger partial charge in [-0.15, -0.1) is 0 Å². The Morgan fingerprint density at radius 3 is 2.95 bits per heavy atom. The van der Waals surface area contributed by atoms with E-state index >= 15 is 0 Å². The number of hydrogen-bond donors (Lipinski definition) is 1. The molecule has 3 nitrogen and oxygen atoms in total. The largest absolute Gasteiger partial charge is 0.495 e. The second-order valence-electron chi connectivity index (χ2n) is 5.12. The first-order chi connectivity index (χ1) is 9.22. The van der Waals surface area contributed by atoms with Crippen molar-refractivity contribution in [1.82, 2.24) is 4.90 Å². The molecule has 0 spiro atoms. The number of benzene rings is 1. The molecule has 0 radical (unpaired) electrons. The maximum absolute atomic E-state index is 8.80. The summed E-state index contributed by atoms with van der Waals surface area (Å²) in [4.78, 5) is 2.47. The van der Waals surface area contributed by atoms with Crippen LogP contribution < -0.4 is 4.74 Å². The molecule has 1 aliphatic rings. The van der Waals surface area contributed by atoms with Crippen molar-refractivity contribution >= 4 is 0 Å². The summed E-state index contributed by atoms with van der Waals surface area (Å²) in [6.07, 6.45) is 1.29. The molecule has 1 aliphatic heterocycles. The van der Waals surface area contributed by atoms with Crippen molar-refractivity contribution in [2.24, 2.45) is 5.92 Å². The summed E-state index contributed by atoms with van der Waals surface area (Å²) in [5, 5.41) is 8.80. The predicted octanol–water partition coefficient (Wildman–Crippen LogP) is 1.88. The van der Waals surface area contributed by atoms with E-state index in [4.69, 9.17) is 9.84 Å². The van der Waals surface area contributed by atoms with Crippen LogP contribution in [0.3, 0.4) is 0 Å². The minimum atomic E-state index is -0.128. The summed E-state index contributed by atoms with van der Waals surface area (Å²) in [5.41, 5.74) is 2.10. The number of aliphatic hydroxyl groups is 1. The topological polar surface area (TPSA) is 32.7 Å². The van der Waals surface area contributed by atoms with Crippen LogP contribution in [0.15, 0.2) is 18.2 Å². The van der Waals surface area contributed by atoms with Gasteiger partial charge >= 0.3 is 0 Å². The number of methoxy groups -OCH3 is 1. The lowest BCUT2D eigenvalue weighted by atomic mass is 10.1. The van der Waals surface area contributed by atoms with Crippen LogP contribution in [0, 0.1) is 17.8 Å². The molecule has 1 atom stereocenters. The van der Waals surface area contributed by atoms with Crippen molar-refractivity contribution in [1.29, 1.82) is 0 Å². The second-order valence-corrected chi connectivity index (χ2v) is 5.12. The van der Waals surface area contributed by atoms with Gasteiger partial charge in [0, 0.05) is 13.1 Å². The third kappa shape index (κ3) is 3.73. The molecule has 0 saturated carbocycles. The van der Waals surface area contributed by atoms with Crippen LogP contribution in [0.5, 0.6) is 5.75 Å². The molecule has 0 bridgehead atoms. The van der Waals surface area contributed by atoms with E-state index in [1.54, 1.807) is 7.11 Å². The summed E-state index contributed by atoms with van der Waals surface area (Å²) in [6.45, 7) is 5.47. The van der Waals surface area contributed by atoms with Crippen LogP contribution in [0.25, 0.3) is 0 Å². The summed E-state index contributed by atoms with van der Waals surface area (Å²) < 4.78 is 5.29. The third-order valence-electron chi connectivity index (χ3n) is 3.48. The molecular formula is C16H21NO2. The normalized spacial score (nSPS) is 19.0. The van der Waals surface area contributed by atoms with Crippen LogP contribution in [0.4, 0.5) is 0 Å². The van der Waals surface area contributed by atoms with Gasteiger partial charge in [0.1, 0.15) is 12.4 Å². The Morgan fingerprint density at radius 1 is 1.47 bits per heavy atom. The SMILES string of the molecule is COc1ccc(CN2CCC(C)C2)cc1C#CCO. The van der Waals surface area contributed by atoms with Crippen LogP contribution in [0.2, 0.25) is 0 Å². The van der Waals surface area contributed by atoms with E-state index in [1.807, 2.05) is 6.07 Å². The van der Waals surface area contributed by atoms with Crippen LogP contribution >= 0.6 is 0 Å². The predicted molar refractivity (Wildman–Crippen MR) is 76.0 cm³/mol. The van der Waals surface area contributed by atoms with Gasteiger partial charge in [-0.3, -0.25) is 4.90 Å². The van der Waals surface area contributed by atoms with Crippen molar-refractivity contribution in [3.8, 4) is 17.6 Å². The van der Waals surface area contributed by atoms with Gasteiger partial charge in [-0.2, -0.15) is 0 Å². The van der Waals surface area contributed by atoms with Gasteiger partial charge in [-0.05, 0) is 36.6 Å². The Labute approximate surface area is 115 Å². The van der Waals surface area contributed by atoms with Crippen LogP contribution in [-0.2, 0) is 6.54 Å². The van der Waals surface area contributed by atoms with E-state index in [2.05, 4.69) is 35.8 Å². The molecule has 102 valence electrons. The number of aliphatic hydroxyl groups excluding tert-OH is 1. The summed E-state index contributed by atoms with van der Waals surface area (Å²) in [7, 11) is 1.64. The third-order valence-corrected chi connectivity index (χ3v) is 3.48. The van der Waals surface area contributed by atoms with Crippen molar-refractivity contribution in [2.45, 2.75) is 19.9 Å². The fraction of sp³-hybridized carbons (Fsp3) is 0.500.